The summed E-state index contributed by atoms with van der Waals surface area (Å²) in [5.41, 5.74) is 0. The van der Waals surface area contributed by atoms with E-state index < -0.39 is 6.10 Å². The number of carbonyl (C=O) groups is 1. The second-order valence-electron chi connectivity index (χ2n) is 16.2. The molecule has 0 aromatic carbocycles. The molecule has 0 saturated heterocycles. The van der Waals surface area contributed by atoms with E-state index in [4.69, 9.17) is 9.47 Å². The maximum atomic E-state index is 12.3. The highest BCUT2D eigenvalue weighted by atomic mass is 16.6. The van der Waals surface area contributed by atoms with Gasteiger partial charge in [0.2, 0.25) is 0 Å². The zero-order valence-corrected chi connectivity index (χ0v) is 37.4. The Morgan fingerprint density at radius 1 is 0.446 bits per heavy atom. The lowest BCUT2D eigenvalue weighted by molar-refractivity contribution is -0.154. The normalized spacial score (nSPS) is 12.8. The quantitative estimate of drug-likeness (QED) is 0.0380. The van der Waals surface area contributed by atoms with Crippen LogP contribution in [0.15, 0.2) is 60.8 Å². The van der Waals surface area contributed by atoms with Crippen LogP contribution in [0.3, 0.4) is 0 Å². The van der Waals surface area contributed by atoms with Gasteiger partial charge in [-0.25, -0.2) is 0 Å². The number of rotatable bonds is 45. The molecule has 4 heteroatoms. The van der Waals surface area contributed by atoms with E-state index in [1.165, 1.54) is 173 Å². The summed E-state index contributed by atoms with van der Waals surface area (Å²) >= 11 is 0. The third kappa shape index (κ3) is 46.5. The summed E-state index contributed by atoms with van der Waals surface area (Å²) in [7, 11) is 0. The Hall–Kier alpha value is -1.91. The van der Waals surface area contributed by atoms with Crippen LogP contribution in [-0.4, -0.2) is 37.0 Å². The number of carbonyl (C=O) groups excluding carboxylic acids is 1. The summed E-state index contributed by atoms with van der Waals surface area (Å²) < 4.78 is 11.2. The smallest absolute Gasteiger partial charge is 0.306 e. The van der Waals surface area contributed by atoms with Crippen LogP contribution in [0.4, 0.5) is 0 Å². The Morgan fingerprint density at radius 3 is 1.23 bits per heavy atom. The fraction of sp³-hybridized carbons (Fsp3) is 0.788. The second kappa shape index (κ2) is 49.2. The SMILES string of the molecule is CC/C=C\C/C=C\C/C=C\C/C=C\CCCCCCCCCCCCCCC(=O)OC(CO)COCCCCCCCCCC/C=C\CCCCCCCCC. The zero-order valence-electron chi connectivity index (χ0n) is 37.4. The van der Waals surface area contributed by atoms with Crippen molar-refractivity contribution in [2.24, 2.45) is 0 Å². The predicted molar refractivity (Wildman–Crippen MR) is 246 cm³/mol. The van der Waals surface area contributed by atoms with Crippen molar-refractivity contribution < 1.29 is 19.4 Å². The second-order valence-corrected chi connectivity index (χ2v) is 16.2. The maximum absolute atomic E-state index is 12.3. The van der Waals surface area contributed by atoms with E-state index in [1.54, 1.807) is 0 Å². The van der Waals surface area contributed by atoms with Crippen LogP contribution in [0.5, 0.6) is 0 Å². The first-order valence-corrected chi connectivity index (χ1v) is 24.4. The number of esters is 1. The van der Waals surface area contributed by atoms with Crippen molar-refractivity contribution in [1.82, 2.24) is 0 Å². The van der Waals surface area contributed by atoms with Crippen molar-refractivity contribution in [2.75, 3.05) is 19.8 Å². The Balaban J connectivity index is 3.42. The average molecular weight is 783 g/mol. The fourth-order valence-electron chi connectivity index (χ4n) is 6.96. The van der Waals surface area contributed by atoms with Crippen LogP contribution in [-0.2, 0) is 14.3 Å². The highest BCUT2D eigenvalue weighted by molar-refractivity contribution is 5.69. The van der Waals surface area contributed by atoms with Gasteiger partial charge in [0.15, 0.2) is 0 Å². The van der Waals surface area contributed by atoms with Gasteiger partial charge in [0.1, 0.15) is 6.10 Å². The molecule has 0 radical (unpaired) electrons. The van der Waals surface area contributed by atoms with Crippen LogP contribution in [0.25, 0.3) is 0 Å². The molecule has 0 bridgehead atoms. The highest BCUT2D eigenvalue weighted by Gasteiger charge is 2.13. The lowest BCUT2D eigenvalue weighted by Gasteiger charge is -2.16. The molecule has 1 atom stereocenters. The fourth-order valence-corrected chi connectivity index (χ4v) is 6.96. The van der Waals surface area contributed by atoms with E-state index >= 15 is 0 Å². The number of hydrogen-bond acceptors (Lipinski definition) is 4. The number of hydrogen-bond donors (Lipinski definition) is 1. The monoisotopic (exact) mass is 783 g/mol. The van der Waals surface area contributed by atoms with Crippen molar-refractivity contribution in [2.45, 2.75) is 245 Å². The zero-order chi connectivity index (χ0) is 40.5. The molecule has 326 valence electrons. The molecule has 0 rings (SSSR count). The first kappa shape index (κ1) is 54.1. The third-order valence-corrected chi connectivity index (χ3v) is 10.6. The Labute approximate surface area is 349 Å². The van der Waals surface area contributed by atoms with Crippen LogP contribution in [0.2, 0.25) is 0 Å². The molecule has 4 nitrogen and oxygen atoms in total. The molecule has 0 spiro atoms. The van der Waals surface area contributed by atoms with Crippen LogP contribution >= 0.6 is 0 Å². The summed E-state index contributed by atoms with van der Waals surface area (Å²) in [6.07, 6.45) is 65.9. The Bertz CT molecular complexity index is 916. The minimum absolute atomic E-state index is 0.174. The summed E-state index contributed by atoms with van der Waals surface area (Å²) in [6, 6.07) is 0. The summed E-state index contributed by atoms with van der Waals surface area (Å²) in [5.74, 6) is -0.203. The minimum atomic E-state index is -0.539. The van der Waals surface area contributed by atoms with Gasteiger partial charge in [-0.2, -0.15) is 0 Å². The molecule has 0 aromatic rings. The molecule has 1 N–H and O–H groups in total. The number of unbranched alkanes of at least 4 members (excludes halogenated alkanes) is 27. The molecule has 0 aliphatic rings. The largest absolute Gasteiger partial charge is 0.457 e. The number of ether oxygens (including phenoxy) is 2. The standard InChI is InChI=1S/C52H94O4/c1-3-5-7-9-11-13-15-17-19-21-23-24-25-26-27-28-29-31-33-35-37-39-41-43-45-47-52(54)56-51(49-53)50-55-48-46-44-42-40-38-36-34-32-30-22-20-18-16-14-12-10-8-6-4-2/h5,7,11,13,17,19-20,22-24,51,53H,3-4,6,8-10,12,14-16,18,21,25-50H2,1-2H3/b7-5-,13-11-,19-17-,22-20-,24-23-. The van der Waals surface area contributed by atoms with Gasteiger partial charge in [0, 0.05) is 13.0 Å². The van der Waals surface area contributed by atoms with Crippen molar-refractivity contribution in [3.63, 3.8) is 0 Å². The molecule has 0 heterocycles. The van der Waals surface area contributed by atoms with E-state index in [-0.39, 0.29) is 12.6 Å². The van der Waals surface area contributed by atoms with Crippen LogP contribution in [0.1, 0.15) is 239 Å². The summed E-state index contributed by atoms with van der Waals surface area (Å²) in [5, 5.41) is 9.64. The number of allylic oxidation sites excluding steroid dienone is 10. The van der Waals surface area contributed by atoms with Gasteiger partial charge >= 0.3 is 5.97 Å². The van der Waals surface area contributed by atoms with E-state index in [0.717, 1.165) is 44.9 Å². The molecule has 1 unspecified atom stereocenters. The van der Waals surface area contributed by atoms with Gasteiger partial charge < -0.3 is 14.6 Å². The summed E-state index contributed by atoms with van der Waals surface area (Å²) in [6.45, 7) is 5.25. The predicted octanol–water partition coefficient (Wildman–Crippen LogP) is 16.4. The van der Waals surface area contributed by atoms with E-state index in [1.807, 2.05) is 0 Å². The molecule has 56 heavy (non-hydrogen) atoms. The van der Waals surface area contributed by atoms with E-state index in [2.05, 4.69) is 74.6 Å². The van der Waals surface area contributed by atoms with Crippen molar-refractivity contribution in [3.05, 3.63) is 60.8 Å². The van der Waals surface area contributed by atoms with Crippen molar-refractivity contribution in [1.29, 1.82) is 0 Å². The van der Waals surface area contributed by atoms with E-state index in [9.17, 15) is 9.90 Å². The van der Waals surface area contributed by atoms with Gasteiger partial charge in [-0.3, -0.25) is 4.79 Å². The number of aliphatic hydroxyl groups is 1. The van der Waals surface area contributed by atoms with Gasteiger partial charge in [0.05, 0.1) is 13.2 Å². The molecule has 0 saturated carbocycles. The van der Waals surface area contributed by atoms with E-state index in [0.29, 0.717) is 19.6 Å². The van der Waals surface area contributed by atoms with Crippen molar-refractivity contribution in [3.8, 4) is 0 Å². The first-order valence-electron chi connectivity index (χ1n) is 24.4. The molecular formula is C52H94O4. The molecule has 0 aromatic heterocycles. The topological polar surface area (TPSA) is 55.8 Å². The maximum Gasteiger partial charge on any atom is 0.306 e. The Kier molecular flexibility index (Phi) is 47.6. The molecule has 0 aliphatic carbocycles. The first-order chi connectivity index (χ1) is 27.7. The molecule has 0 fully saturated rings. The third-order valence-electron chi connectivity index (χ3n) is 10.6. The van der Waals surface area contributed by atoms with Crippen LogP contribution < -0.4 is 0 Å². The van der Waals surface area contributed by atoms with Gasteiger partial charge in [-0.15, -0.1) is 0 Å². The highest BCUT2D eigenvalue weighted by Crippen LogP contribution is 2.15. The lowest BCUT2D eigenvalue weighted by atomic mass is 10.0. The molecule has 0 amide bonds. The minimum Gasteiger partial charge on any atom is -0.457 e. The Morgan fingerprint density at radius 2 is 0.804 bits per heavy atom. The van der Waals surface area contributed by atoms with Crippen molar-refractivity contribution >= 4 is 5.97 Å². The van der Waals surface area contributed by atoms with Gasteiger partial charge in [-0.05, 0) is 77.0 Å². The number of aliphatic hydroxyl groups excluding tert-OH is 1. The molecular weight excluding hydrogens is 689 g/mol. The molecule has 0 aliphatic heterocycles. The summed E-state index contributed by atoms with van der Waals surface area (Å²) in [4.78, 5) is 12.3. The van der Waals surface area contributed by atoms with Crippen LogP contribution in [0, 0.1) is 0 Å². The average Bonchev–Trinajstić information content (AvgIpc) is 3.20. The lowest BCUT2D eigenvalue weighted by Crippen LogP contribution is -2.27. The van der Waals surface area contributed by atoms with Gasteiger partial charge in [0.25, 0.3) is 0 Å². The van der Waals surface area contributed by atoms with Gasteiger partial charge in [-0.1, -0.05) is 216 Å².